The third kappa shape index (κ3) is 3.56. The maximum Gasteiger partial charge on any atom is 0.350 e. The van der Waals surface area contributed by atoms with Gasteiger partial charge in [-0.1, -0.05) is 0 Å². The van der Waals surface area contributed by atoms with E-state index in [4.69, 9.17) is 0 Å². The predicted molar refractivity (Wildman–Crippen MR) is 78.2 cm³/mol. The number of methoxy groups -OCH3 is 1. The SMILES string of the molecule is CNC1CCN(CC(=O)Nc2ccsc2C(=O)OC)C1. The molecule has 20 heavy (non-hydrogen) atoms. The van der Waals surface area contributed by atoms with Crippen molar-refractivity contribution in [3.05, 3.63) is 16.3 Å². The van der Waals surface area contributed by atoms with Gasteiger partial charge in [0.05, 0.1) is 19.3 Å². The van der Waals surface area contributed by atoms with Crippen molar-refractivity contribution in [2.75, 3.05) is 39.1 Å². The fraction of sp³-hybridized carbons (Fsp3) is 0.538. The first-order valence-corrected chi connectivity index (χ1v) is 7.37. The van der Waals surface area contributed by atoms with Gasteiger partial charge in [0.25, 0.3) is 0 Å². The van der Waals surface area contributed by atoms with Crippen molar-refractivity contribution in [3.8, 4) is 0 Å². The number of esters is 1. The molecule has 1 atom stereocenters. The van der Waals surface area contributed by atoms with Crippen LogP contribution in [0.4, 0.5) is 5.69 Å². The third-order valence-corrected chi connectivity index (χ3v) is 4.25. The Bertz CT molecular complexity index is 489. The van der Waals surface area contributed by atoms with Crippen LogP contribution in [-0.2, 0) is 9.53 Å². The number of likely N-dealkylation sites (N-methyl/N-ethyl adjacent to an activating group) is 1. The summed E-state index contributed by atoms with van der Waals surface area (Å²) in [6.07, 6.45) is 1.05. The Morgan fingerprint density at radius 2 is 2.35 bits per heavy atom. The van der Waals surface area contributed by atoms with Crippen molar-refractivity contribution in [2.45, 2.75) is 12.5 Å². The molecule has 1 aliphatic rings. The second-order valence-electron chi connectivity index (χ2n) is 4.71. The first-order chi connectivity index (χ1) is 9.63. The first kappa shape index (κ1) is 15.0. The quantitative estimate of drug-likeness (QED) is 0.786. The molecule has 0 saturated carbocycles. The van der Waals surface area contributed by atoms with Crippen LogP contribution in [0.25, 0.3) is 0 Å². The van der Waals surface area contributed by atoms with Crippen LogP contribution in [0, 0.1) is 0 Å². The normalized spacial score (nSPS) is 19.0. The summed E-state index contributed by atoms with van der Waals surface area (Å²) < 4.78 is 4.68. The predicted octanol–water partition coefficient (Wildman–Crippen LogP) is 0.767. The minimum absolute atomic E-state index is 0.106. The number of amides is 1. The number of rotatable bonds is 5. The van der Waals surface area contributed by atoms with E-state index in [0.29, 0.717) is 23.2 Å². The van der Waals surface area contributed by atoms with E-state index in [0.717, 1.165) is 19.5 Å². The molecule has 7 heteroatoms. The topological polar surface area (TPSA) is 70.7 Å². The number of carbonyl (C=O) groups is 2. The first-order valence-electron chi connectivity index (χ1n) is 6.49. The van der Waals surface area contributed by atoms with Crippen LogP contribution >= 0.6 is 11.3 Å². The second kappa shape index (κ2) is 6.83. The number of hydrogen-bond acceptors (Lipinski definition) is 6. The van der Waals surface area contributed by atoms with Crippen LogP contribution in [0.3, 0.4) is 0 Å². The fourth-order valence-corrected chi connectivity index (χ4v) is 3.03. The van der Waals surface area contributed by atoms with Gasteiger partial charge >= 0.3 is 5.97 Å². The number of hydrogen-bond donors (Lipinski definition) is 2. The summed E-state index contributed by atoms with van der Waals surface area (Å²) in [6.45, 7) is 2.12. The van der Waals surface area contributed by atoms with Gasteiger partial charge in [-0.15, -0.1) is 11.3 Å². The molecule has 2 rings (SSSR count). The van der Waals surface area contributed by atoms with E-state index in [2.05, 4.69) is 20.3 Å². The standard InChI is InChI=1S/C13H19N3O3S/c1-14-9-3-5-16(7-9)8-11(17)15-10-4-6-20-12(10)13(18)19-2/h4,6,9,14H,3,5,7-8H2,1-2H3,(H,15,17). The highest BCUT2D eigenvalue weighted by molar-refractivity contribution is 7.12. The van der Waals surface area contributed by atoms with Crippen LogP contribution in [-0.4, -0.2) is 56.6 Å². The molecule has 1 amide bonds. The summed E-state index contributed by atoms with van der Waals surface area (Å²) in [6, 6.07) is 2.17. The summed E-state index contributed by atoms with van der Waals surface area (Å²) >= 11 is 1.26. The summed E-state index contributed by atoms with van der Waals surface area (Å²) in [4.78, 5) is 26.0. The van der Waals surface area contributed by atoms with Gasteiger partial charge in [0.1, 0.15) is 4.88 Å². The largest absolute Gasteiger partial charge is 0.465 e. The van der Waals surface area contributed by atoms with Crippen molar-refractivity contribution in [1.82, 2.24) is 10.2 Å². The van der Waals surface area contributed by atoms with Gasteiger partial charge in [-0.05, 0) is 24.9 Å². The molecule has 2 heterocycles. The highest BCUT2D eigenvalue weighted by Crippen LogP contribution is 2.23. The van der Waals surface area contributed by atoms with Crippen molar-refractivity contribution < 1.29 is 14.3 Å². The van der Waals surface area contributed by atoms with Crippen LogP contribution < -0.4 is 10.6 Å². The molecule has 0 radical (unpaired) electrons. The molecule has 1 fully saturated rings. The molecule has 1 unspecified atom stereocenters. The maximum atomic E-state index is 12.0. The number of ether oxygens (including phenoxy) is 1. The number of likely N-dealkylation sites (tertiary alicyclic amines) is 1. The van der Waals surface area contributed by atoms with Gasteiger partial charge in [-0.2, -0.15) is 0 Å². The molecule has 6 nitrogen and oxygen atoms in total. The molecule has 0 aliphatic carbocycles. The Kier molecular flexibility index (Phi) is 5.11. The van der Waals surface area contributed by atoms with Crippen LogP contribution in [0.1, 0.15) is 16.1 Å². The van der Waals surface area contributed by atoms with E-state index in [1.165, 1.54) is 18.4 Å². The van der Waals surface area contributed by atoms with E-state index in [-0.39, 0.29) is 5.91 Å². The molecule has 0 aromatic carbocycles. The zero-order valence-electron chi connectivity index (χ0n) is 11.6. The molecule has 2 N–H and O–H groups in total. The fourth-order valence-electron chi connectivity index (χ4n) is 2.26. The average molecular weight is 297 g/mol. The Hall–Kier alpha value is -1.44. The molecule has 1 aromatic rings. The Balaban J connectivity index is 1.89. The smallest absolute Gasteiger partial charge is 0.350 e. The van der Waals surface area contributed by atoms with Gasteiger partial charge in [-0.25, -0.2) is 4.79 Å². The van der Waals surface area contributed by atoms with Gasteiger partial charge in [0.2, 0.25) is 5.91 Å². The zero-order valence-corrected chi connectivity index (χ0v) is 12.5. The van der Waals surface area contributed by atoms with Crippen molar-refractivity contribution in [1.29, 1.82) is 0 Å². The van der Waals surface area contributed by atoms with Crippen LogP contribution in [0.5, 0.6) is 0 Å². The van der Waals surface area contributed by atoms with E-state index >= 15 is 0 Å². The summed E-state index contributed by atoms with van der Waals surface area (Å²) in [5.74, 6) is -0.531. The zero-order chi connectivity index (χ0) is 14.5. The lowest BCUT2D eigenvalue weighted by Gasteiger charge is -2.15. The molecule has 0 spiro atoms. The monoisotopic (exact) mass is 297 g/mol. The van der Waals surface area contributed by atoms with Crippen molar-refractivity contribution in [3.63, 3.8) is 0 Å². The van der Waals surface area contributed by atoms with Crippen molar-refractivity contribution in [2.24, 2.45) is 0 Å². The number of anilines is 1. The average Bonchev–Trinajstić information content (AvgIpc) is 3.07. The lowest BCUT2D eigenvalue weighted by molar-refractivity contribution is -0.117. The minimum Gasteiger partial charge on any atom is -0.465 e. The van der Waals surface area contributed by atoms with Crippen LogP contribution in [0.15, 0.2) is 11.4 Å². The van der Waals surface area contributed by atoms with Gasteiger partial charge in [0, 0.05) is 19.1 Å². The minimum atomic E-state index is -0.424. The van der Waals surface area contributed by atoms with Crippen molar-refractivity contribution >= 4 is 28.9 Å². The number of nitrogens with one attached hydrogen (secondary N) is 2. The van der Waals surface area contributed by atoms with Gasteiger partial charge in [-0.3, -0.25) is 9.69 Å². The Labute approximate surface area is 122 Å². The molecule has 1 aromatic heterocycles. The highest BCUT2D eigenvalue weighted by atomic mass is 32.1. The Morgan fingerprint density at radius 3 is 3.00 bits per heavy atom. The summed E-state index contributed by atoms with van der Waals surface area (Å²) in [5, 5.41) is 7.74. The molecule has 1 saturated heterocycles. The van der Waals surface area contributed by atoms with Gasteiger partial charge < -0.3 is 15.4 Å². The number of thiophene rings is 1. The van der Waals surface area contributed by atoms with Crippen LogP contribution in [0.2, 0.25) is 0 Å². The highest BCUT2D eigenvalue weighted by Gasteiger charge is 2.23. The Morgan fingerprint density at radius 1 is 1.55 bits per heavy atom. The molecule has 0 bridgehead atoms. The third-order valence-electron chi connectivity index (χ3n) is 3.36. The molecular weight excluding hydrogens is 278 g/mol. The van der Waals surface area contributed by atoms with E-state index in [1.807, 2.05) is 7.05 Å². The van der Waals surface area contributed by atoms with E-state index in [1.54, 1.807) is 11.4 Å². The summed E-state index contributed by atoms with van der Waals surface area (Å²) in [7, 11) is 3.26. The molecular formula is C13H19N3O3S. The molecule has 110 valence electrons. The number of carbonyl (C=O) groups excluding carboxylic acids is 2. The summed E-state index contributed by atoms with van der Waals surface area (Å²) in [5.41, 5.74) is 0.524. The lowest BCUT2D eigenvalue weighted by atomic mass is 10.3. The number of nitrogens with zero attached hydrogens (tertiary/aromatic N) is 1. The molecule has 1 aliphatic heterocycles. The maximum absolute atomic E-state index is 12.0. The lowest BCUT2D eigenvalue weighted by Crippen LogP contribution is -2.34. The van der Waals surface area contributed by atoms with E-state index < -0.39 is 5.97 Å². The van der Waals surface area contributed by atoms with E-state index in [9.17, 15) is 9.59 Å². The second-order valence-corrected chi connectivity index (χ2v) is 5.63. The van der Waals surface area contributed by atoms with Gasteiger partial charge in [0.15, 0.2) is 0 Å².